The van der Waals surface area contributed by atoms with Crippen LogP contribution in [-0.2, 0) is 38.1 Å². The molecule has 0 aliphatic heterocycles. The highest BCUT2D eigenvalue weighted by molar-refractivity contribution is 5.83. The average molecular weight is 412 g/mol. The van der Waals surface area contributed by atoms with Gasteiger partial charge in [-0.2, -0.15) is 0 Å². The second-order valence-corrected chi connectivity index (χ2v) is 6.39. The quantitative estimate of drug-likeness (QED) is 0.214. The highest BCUT2D eigenvalue weighted by atomic mass is 16.7. The van der Waals surface area contributed by atoms with Crippen molar-refractivity contribution in [2.24, 2.45) is 0 Å². The van der Waals surface area contributed by atoms with Crippen molar-refractivity contribution in [1.29, 1.82) is 0 Å². The summed E-state index contributed by atoms with van der Waals surface area (Å²) >= 11 is 0. The first kappa shape index (κ1) is 26.2. The van der Waals surface area contributed by atoms with Gasteiger partial charge in [0.25, 0.3) is 0 Å². The molecule has 164 valence electrons. The Balaban J connectivity index is 3.89. The fraction of sp³-hybridized carbons (Fsp3) is 0.571. The highest BCUT2D eigenvalue weighted by Gasteiger charge is 2.14. The van der Waals surface area contributed by atoms with Crippen molar-refractivity contribution in [2.45, 2.75) is 72.4 Å². The predicted octanol–water partition coefficient (Wildman–Crippen LogP) is 3.92. The molecule has 8 heteroatoms. The van der Waals surface area contributed by atoms with Gasteiger partial charge in [-0.15, -0.1) is 0 Å². The number of ether oxygens (including phenoxy) is 5. The van der Waals surface area contributed by atoms with Gasteiger partial charge in [-0.25, -0.2) is 0 Å². The zero-order chi connectivity index (χ0) is 22.4. The molecule has 0 aromatic heterocycles. The van der Waals surface area contributed by atoms with E-state index in [2.05, 4.69) is 24.5 Å². The lowest BCUT2D eigenvalue weighted by Gasteiger charge is -2.18. The molecular weight excluding hydrogens is 380 g/mol. The molecule has 0 amide bonds. The fourth-order valence-electron chi connectivity index (χ4n) is 2.13. The van der Waals surface area contributed by atoms with Crippen LogP contribution in [0.25, 0.3) is 0 Å². The van der Waals surface area contributed by atoms with Crippen molar-refractivity contribution in [1.82, 2.24) is 0 Å². The summed E-state index contributed by atoms with van der Waals surface area (Å²) in [5, 5.41) is 0. The maximum Gasteiger partial charge on any atom is 0.309 e. The van der Waals surface area contributed by atoms with Crippen LogP contribution in [0, 0.1) is 0 Å². The molecule has 0 fully saturated rings. The van der Waals surface area contributed by atoms with Gasteiger partial charge in [0.15, 0.2) is 0 Å². The lowest BCUT2D eigenvalue weighted by Crippen LogP contribution is -2.20. The van der Waals surface area contributed by atoms with E-state index in [4.69, 9.17) is 18.9 Å². The first-order valence-electron chi connectivity index (χ1n) is 9.35. The van der Waals surface area contributed by atoms with Gasteiger partial charge in [0.05, 0.1) is 30.3 Å². The number of hydrogen-bond donors (Lipinski definition) is 0. The molecule has 8 nitrogen and oxygen atoms in total. The molecule has 0 saturated heterocycles. The van der Waals surface area contributed by atoms with E-state index in [1.165, 1.54) is 13.8 Å². The summed E-state index contributed by atoms with van der Waals surface area (Å²) in [7, 11) is 0. The molecule has 0 heterocycles. The van der Waals surface area contributed by atoms with Crippen LogP contribution < -0.4 is 0 Å². The first-order valence-corrected chi connectivity index (χ1v) is 9.35. The summed E-state index contributed by atoms with van der Waals surface area (Å²) in [6.07, 6.45) is -0.380. The monoisotopic (exact) mass is 412 g/mol. The molecule has 0 aliphatic carbocycles. The molecule has 0 N–H and O–H groups in total. The van der Waals surface area contributed by atoms with Gasteiger partial charge in [-0.1, -0.05) is 19.7 Å². The second-order valence-electron chi connectivity index (χ2n) is 6.39. The number of rotatable bonds is 16. The Morgan fingerprint density at radius 2 is 1.31 bits per heavy atom. The number of carbonyl (C=O) groups is 3. The van der Waals surface area contributed by atoms with E-state index < -0.39 is 24.5 Å². The largest absolute Gasteiger partial charge is 0.498 e. The van der Waals surface area contributed by atoms with Crippen molar-refractivity contribution in [3.63, 3.8) is 0 Å². The van der Waals surface area contributed by atoms with Crippen molar-refractivity contribution in [2.75, 3.05) is 6.61 Å². The summed E-state index contributed by atoms with van der Waals surface area (Å²) in [5.41, 5.74) is 0. The summed E-state index contributed by atoms with van der Waals surface area (Å²) in [6.45, 7) is 17.5. The van der Waals surface area contributed by atoms with Crippen LogP contribution in [0.2, 0.25) is 0 Å². The summed E-state index contributed by atoms with van der Waals surface area (Å²) < 4.78 is 25.7. The van der Waals surface area contributed by atoms with E-state index in [1.54, 1.807) is 13.8 Å². The maximum atomic E-state index is 11.8. The van der Waals surface area contributed by atoms with Crippen molar-refractivity contribution < 1.29 is 38.1 Å². The molecular formula is C21H32O8. The normalized spacial score (nSPS) is 12.1. The number of allylic oxidation sites excluding steroid dienone is 3. The minimum Gasteiger partial charge on any atom is -0.498 e. The molecule has 29 heavy (non-hydrogen) atoms. The first-order chi connectivity index (χ1) is 13.5. The van der Waals surface area contributed by atoms with Crippen LogP contribution in [0.15, 0.2) is 37.0 Å². The minimum atomic E-state index is -0.976. The molecule has 0 aromatic carbocycles. The van der Waals surface area contributed by atoms with E-state index in [-0.39, 0.29) is 31.7 Å². The van der Waals surface area contributed by atoms with Crippen molar-refractivity contribution in [3.8, 4) is 0 Å². The van der Waals surface area contributed by atoms with Gasteiger partial charge in [0.1, 0.15) is 5.78 Å². The Morgan fingerprint density at radius 3 is 1.90 bits per heavy atom. The van der Waals surface area contributed by atoms with Gasteiger partial charge in [-0.05, 0) is 6.92 Å². The van der Waals surface area contributed by atoms with Gasteiger partial charge in [0, 0.05) is 46.5 Å². The third-order valence-corrected chi connectivity index (χ3v) is 3.31. The third-order valence-electron chi connectivity index (χ3n) is 3.31. The van der Waals surface area contributed by atoms with E-state index in [0.717, 1.165) is 0 Å². The fourth-order valence-corrected chi connectivity index (χ4v) is 2.13. The van der Waals surface area contributed by atoms with Gasteiger partial charge >= 0.3 is 11.9 Å². The molecule has 0 spiro atoms. The molecule has 0 rings (SSSR count). The van der Waals surface area contributed by atoms with E-state index >= 15 is 0 Å². The summed E-state index contributed by atoms with van der Waals surface area (Å²) in [4.78, 5) is 34.1. The highest BCUT2D eigenvalue weighted by Crippen LogP contribution is 2.15. The Morgan fingerprint density at radius 1 is 0.724 bits per heavy atom. The smallest absolute Gasteiger partial charge is 0.309 e. The Hall–Kier alpha value is -2.77. The predicted molar refractivity (Wildman–Crippen MR) is 106 cm³/mol. The minimum absolute atomic E-state index is 0.0206. The Labute approximate surface area is 172 Å². The zero-order valence-electron chi connectivity index (χ0n) is 17.8. The number of hydrogen-bond acceptors (Lipinski definition) is 8. The summed E-state index contributed by atoms with van der Waals surface area (Å²) in [6, 6.07) is 0. The van der Waals surface area contributed by atoms with Crippen LogP contribution >= 0.6 is 0 Å². The third kappa shape index (κ3) is 15.9. The van der Waals surface area contributed by atoms with Crippen molar-refractivity contribution in [3.05, 3.63) is 37.0 Å². The standard InChI is InChI=1S/C21H32O8/c1-14(2)26-18(6)27-16(4)9-8-15(3)25-13-12-20(23)10-11-21(24)29-19(7)28-17(5)22/h18-19H,1,3-4,8-13H2,2,5-7H3. The number of Topliss-reactive ketones (excluding diaryl/α,β-unsaturated/α-hetero) is 1. The lowest BCUT2D eigenvalue weighted by atomic mass is 10.2. The van der Waals surface area contributed by atoms with Crippen molar-refractivity contribution >= 4 is 17.7 Å². The molecule has 2 atom stereocenters. The van der Waals surface area contributed by atoms with Gasteiger partial charge < -0.3 is 23.7 Å². The summed E-state index contributed by atoms with van der Waals surface area (Å²) in [5.74, 6) is 0.277. The molecule has 2 unspecified atom stereocenters. The molecule has 0 radical (unpaired) electrons. The van der Waals surface area contributed by atoms with Crippen LogP contribution in [0.3, 0.4) is 0 Å². The second kappa shape index (κ2) is 14.3. The van der Waals surface area contributed by atoms with Gasteiger partial charge in [0.2, 0.25) is 12.6 Å². The van der Waals surface area contributed by atoms with Crippen LogP contribution in [0.4, 0.5) is 0 Å². The Kier molecular flexibility index (Phi) is 12.9. The van der Waals surface area contributed by atoms with Crippen LogP contribution in [-0.4, -0.2) is 36.9 Å². The zero-order valence-corrected chi connectivity index (χ0v) is 17.8. The Bertz CT molecular complexity index is 556. The van der Waals surface area contributed by atoms with Gasteiger partial charge in [-0.3, -0.25) is 14.4 Å². The van der Waals surface area contributed by atoms with E-state index in [9.17, 15) is 14.4 Å². The average Bonchev–Trinajstić information content (AvgIpc) is 2.56. The maximum absolute atomic E-state index is 11.8. The van der Waals surface area contributed by atoms with E-state index in [1.807, 2.05) is 0 Å². The molecule has 0 bridgehead atoms. The topological polar surface area (TPSA) is 97.4 Å². The number of ketones is 1. The molecule has 0 saturated carbocycles. The molecule has 0 aliphatic rings. The SMILES string of the molecule is C=C(C)OC(C)OC(=C)CCC(=C)OCCC(=O)CCC(=O)OC(C)OC(C)=O. The van der Waals surface area contributed by atoms with Crippen LogP contribution in [0.5, 0.6) is 0 Å². The number of carbonyl (C=O) groups excluding carboxylic acids is 3. The number of esters is 2. The van der Waals surface area contributed by atoms with E-state index in [0.29, 0.717) is 30.1 Å². The van der Waals surface area contributed by atoms with Crippen LogP contribution in [0.1, 0.15) is 59.8 Å². The lowest BCUT2D eigenvalue weighted by molar-refractivity contribution is -0.183. The molecule has 0 aromatic rings.